The van der Waals surface area contributed by atoms with Crippen molar-refractivity contribution in [2.75, 3.05) is 20.3 Å². The molecule has 232 valence electrons. The molecule has 0 aromatic heterocycles. The summed E-state index contributed by atoms with van der Waals surface area (Å²) in [5.74, 6) is -1.16. The highest BCUT2D eigenvalue weighted by molar-refractivity contribution is 9.10. The number of amides is 1. The summed E-state index contributed by atoms with van der Waals surface area (Å²) in [6, 6.07) is 24.4. The summed E-state index contributed by atoms with van der Waals surface area (Å²) in [6.45, 7) is 11.0. The molecule has 1 amide bonds. The largest absolute Gasteiger partial charge is 0.465 e. The molecule has 0 spiro atoms. The lowest BCUT2D eigenvalue weighted by molar-refractivity contribution is 0.0373. The van der Waals surface area contributed by atoms with E-state index in [2.05, 4.69) is 36.7 Å². The van der Waals surface area contributed by atoms with Crippen molar-refractivity contribution in [3.05, 3.63) is 94.5 Å². The van der Waals surface area contributed by atoms with Gasteiger partial charge in [-0.2, -0.15) is 0 Å². The first-order valence-corrected chi connectivity index (χ1v) is 18.2. The molecule has 0 N–H and O–H groups in total. The van der Waals surface area contributed by atoms with Gasteiger partial charge in [-0.25, -0.2) is 22.3 Å². The number of benzene rings is 3. The number of methoxy groups -OCH3 is 1. The number of halogens is 1. The molecule has 0 unspecified atom stereocenters. The molecule has 0 bridgehead atoms. The number of sulfonamides is 1. The van der Waals surface area contributed by atoms with Crippen LogP contribution in [0.15, 0.2) is 83.3 Å². The molecule has 3 aromatic rings. The van der Waals surface area contributed by atoms with Crippen LogP contribution >= 0.6 is 15.9 Å². The van der Waals surface area contributed by atoms with Gasteiger partial charge in [-0.3, -0.25) is 0 Å². The lowest BCUT2D eigenvalue weighted by Gasteiger charge is -2.43. The van der Waals surface area contributed by atoms with E-state index in [0.29, 0.717) is 10.0 Å². The summed E-state index contributed by atoms with van der Waals surface area (Å²) in [7, 11) is -6.04. The van der Waals surface area contributed by atoms with Crippen molar-refractivity contribution < 1.29 is 31.9 Å². The number of hydrogen-bond donors (Lipinski definition) is 0. The van der Waals surface area contributed by atoms with E-state index in [4.69, 9.17) is 13.9 Å². The minimum Gasteiger partial charge on any atom is -0.465 e. The molecule has 0 aliphatic carbocycles. The van der Waals surface area contributed by atoms with Crippen LogP contribution in [-0.4, -0.2) is 59.0 Å². The zero-order valence-corrected chi connectivity index (χ0v) is 29.1. The van der Waals surface area contributed by atoms with Crippen molar-refractivity contribution in [2.45, 2.75) is 57.9 Å². The molecular weight excluding hydrogens is 650 g/mol. The summed E-state index contributed by atoms with van der Waals surface area (Å²) in [5, 5.41) is 1.72. The summed E-state index contributed by atoms with van der Waals surface area (Å²) in [6.07, 6.45) is -1.00. The van der Waals surface area contributed by atoms with Gasteiger partial charge < -0.3 is 13.9 Å². The van der Waals surface area contributed by atoms with Gasteiger partial charge in [-0.15, -0.1) is 0 Å². The van der Waals surface area contributed by atoms with Crippen LogP contribution in [0.1, 0.15) is 57.5 Å². The minimum atomic E-state index is -4.29. The van der Waals surface area contributed by atoms with Crippen molar-refractivity contribution in [3.63, 3.8) is 0 Å². The van der Waals surface area contributed by atoms with Gasteiger partial charge >= 0.3 is 12.1 Å². The van der Waals surface area contributed by atoms with E-state index in [0.717, 1.165) is 14.7 Å². The SMILES string of the molecule is COC(=O)c1ccc(Br)c(CS(=O)(=O)N(CCO[Si](c2ccccc2)(c2ccccc2)C(C)(C)C)C(=O)OC(C)(C)C)c1. The van der Waals surface area contributed by atoms with Gasteiger partial charge in [0, 0.05) is 4.47 Å². The van der Waals surface area contributed by atoms with Gasteiger partial charge in [0.15, 0.2) is 0 Å². The van der Waals surface area contributed by atoms with Gasteiger partial charge in [0.1, 0.15) is 5.60 Å². The smallest absolute Gasteiger partial charge is 0.424 e. The third-order valence-electron chi connectivity index (χ3n) is 6.77. The average Bonchev–Trinajstić information content (AvgIpc) is 2.93. The number of rotatable bonds is 10. The number of carbonyl (C=O) groups excluding carboxylic acids is 2. The first-order valence-electron chi connectivity index (χ1n) is 13.9. The van der Waals surface area contributed by atoms with Crippen LogP contribution in [0.5, 0.6) is 0 Å². The Morgan fingerprint density at radius 2 is 1.40 bits per heavy atom. The number of hydrogen-bond acceptors (Lipinski definition) is 7. The lowest BCUT2D eigenvalue weighted by atomic mass is 10.1. The van der Waals surface area contributed by atoms with Crippen LogP contribution in [0.25, 0.3) is 0 Å². The molecule has 0 atom stereocenters. The Morgan fingerprint density at radius 3 is 1.86 bits per heavy atom. The van der Waals surface area contributed by atoms with E-state index in [1.165, 1.54) is 19.2 Å². The molecule has 0 fully saturated rings. The minimum absolute atomic E-state index is 0.0604. The molecule has 11 heteroatoms. The van der Waals surface area contributed by atoms with Crippen molar-refractivity contribution in [2.24, 2.45) is 0 Å². The molecule has 0 radical (unpaired) electrons. The first-order chi connectivity index (χ1) is 20.0. The van der Waals surface area contributed by atoms with Crippen molar-refractivity contribution in [3.8, 4) is 0 Å². The highest BCUT2D eigenvalue weighted by Crippen LogP contribution is 2.37. The van der Waals surface area contributed by atoms with Crippen LogP contribution in [0.3, 0.4) is 0 Å². The molecule has 0 saturated carbocycles. The number of nitrogens with zero attached hydrogens (tertiary/aromatic N) is 1. The summed E-state index contributed by atoms with van der Waals surface area (Å²) >= 11 is 3.37. The van der Waals surface area contributed by atoms with Gasteiger partial charge in [0.05, 0.1) is 31.6 Å². The van der Waals surface area contributed by atoms with Crippen LogP contribution in [0, 0.1) is 0 Å². The van der Waals surface area contributed by atoms with Crippen LogP contribution in [-0.2, 0) is 29.7 Å². The highest BCUT2D eigenvalue weighted by atomic mass is 79.9. The molecule has 0 heterocycles. The van der Waals surface area contributed by atoms with Gasteiger partial charge in [0.25, 0.3) is 8.32 Å². The zero-order chi connectivity index (χ0) is 32.1. The average molecular weight is 691 g/mol. The molecule has 0 aliphatic rings. The Labute approximate surface area is 264 Å². The fourth-order valence-corrected chi connectivity index (χ4v) is 11.4. The van der Waals surface area contributed by atoms with E-state index in [-0.39, 0.29) is 23.8 Å². The van der Waals surface area contributed by atoms with E-state index >= 15 is 0 Å². The van der Waals surface area contributed by atoms with Crippen molar-refractivity contribution in [1.82, 2.24) is 4.31 Å². The first kappa shape index (κ1) is 34.5. The highest BCUT2D eigenvalue weighted by Gasteiger charge is 2.50. The van der Waals surface area contributed by atoms with Crippen LogP contribution < -0.4 is 10.4 Å². The Bertz CT molecular complexity index is 1480. The van der Waals surface area contributed by atoms with E-state index in [9.17, 15) is 18.0 Å². The monoisotopic (exact) mass is 689 g/mol. The second kappa shape index (κ2) is 13.8. The maximum atomic E-state index is 13.9. The molecule has 0 aliphatic heterocycles. The molecule has 43 heavy (non-hydrogen) atoms. The standard InChI is InChI=1S/C32H40BrNO7SSi/c1-31(2,3)41-30(36)34(42(37,38)23-25-22-24(29(35)39-7)18-19-28(25)33)20-21-40-43(32(4,5)6,26-14-10-8-11-15-26)27-16-12-9-13-17-27/h8-19,22H,20-21,23H2,1-7H3. The molecule has 3 rings (SSSR count). The number of ether oxygens (including phenoxy) is 2. The van der Waals surface area contributed by atoms with Gasteiger partial charge in [0.2, 0.25) is 10.0 Å². The fourth-order valence-electron chi connectivity index (χ4n) is 4.90. The third kappa shape index (κ3) is 8.35. The van der Waals surface area contributed by atoms with Crippen LogP contribution in [0.4, 0.5) is 4.79 Å². The number of esters is 1. The zero-order valence-electron chi connectivity index (χ0n) is 25.7. The predicted octanol–water partition coefficient (Wildman–Crippen LogP) is 5.88. The Balaban J connectivity index is 2.02. The fraction of sp³-hybridized carbons (Fsp3) is 0.375. The summed E-state index contributed by atoms with van der Waals surface area (Å²) in [4.78, 5) is 25.5. The van der Waals surface area contributed by atoms with Gasteiger partial charge in [-0.05, 0) is 59.9 Å². The Kier molecular flexibility index (Phi) is 11.0. The van der Waals surface area contributed by atoms with E-state index in [1.54, 1.807) is 26.8 Å². The third-order valence-corrected chi connectivity index (χ3v) is 14.3. The van der Waals surface area contributed by atoms with Crippen molar-refractivity contribution >= 4 is 56.7 Å². The quantitative estimate of drug-likeness (QED) is 0.194. The molecule has 8 nitrogen and oxygen atoms in total. The van der Waals surface area contributed by atoms with E-state index in [1.807, 2.05) is 60.7 Å². The summed E-state index contributed by atoms with van der Waals surface area (Å²) < 4.78 is 46.1. The molecular formula is C32H40BrNO7SSi. The molecule has 3 aromatic carbocycles. The maximum Gasteiger partial charge on any atom is 0.424 e. The lowest BCUT2D eigenvalue weighted by Crippen LogP contribution is -2.67. The topological polar surface area (TPSA) is 99.2 Å². The van der Waals surface area contributed by atoms with Crippen molar-refractivity contribution in [1.29, 1.82) is 0 Å². The normalized spacial score (nSPS) is 12.5. The second-order valence-corrected chi connectivity index (χ2v) is 19.2. The predicted molar refractivity (Wildman–Crippen MR) is 175 cm³/mol. The van der Waals surface area contributed by atoms with E-state index < -0.39 is 41.8 Å². The second-order valence-electron chi connectivity index (χ2n) is 12.1. The van der Waals surface area contributed by atoms with Crippen LogP contribution in [0.2, 0.25) is 5.04 Å². The maximum absolute atomic E-state index is 13.9. The summed E-state index contributed by atoms with van der Waals surface area (Å²) in [5.41, 5.74) is -0.450. The van der Waals surface area contributed by atoms with Gasteiger partial charge in [-0.1, -0.05) is 97.4 Å². The molecule has 0 saturated heterocycles. The Hall–Kier alpha value is -2.99. The Morgan fingerprint density at radius 1 is 0.860 bits per heavy atom. The number of carbonyl (C=O) groups is 2.